The Bertz CT molecular complexity index is 2650. The summed E-state index contributed by atoms with van der Waals surface area (Å²) < 4.78 is 16.0. The largest absolute Gasteiger partial charge is 0.454 e. The van der Waals surface area contributed by atoms with Gasteiger partial charge in [-0.25, -0.2) is 19.6 Å². The van der Waals surface area contributed by atoms with Crippen LogP contribution in [0.5, 0.6) is 0 Å². The second-order valence-corrected chi connectivity index (χ2v) is 22.9. The predicted molar refractivity (Wildman–Crippen MR) is 235 cm³/mol. The lowest BCUT2D eigenvalue weighted by molar-refractivity contribution is -0.136. The average Bonchev–Trinajstić information content (AvgIpc) is 4.09. The number of carbonyl (C=O) groups excluding carboxylic acids is 4. The summed E-state index contributed by atoms with van der Waals surface area (Å²) in [4.78, 5) is 72.3. The van der Waals surface area contributed by atoms with Crippen LogP contribution in [-0.4, -0.2) is 101 Å². The Morgan fingerprint density at radius 3 is 2.15 bits per heavy atom. The Morgan fingerprint density at radius 2 is 1.46 bits per heavy atom. The Kier molecular flexibility index (Phi) is 11.2. The number of likely N-dealkylation sites (tertiary alicyclic amines) is 1. The molecule has 3 aromatic carbocycles. The first-order chi connectivity index (χ1) is 29.1. The Labute approximate surface area is 354 Å². The summed E-state index contributed by atoms with van der Waals surface area (Å²) in [6.07, 6.45) is 2.77. The van der Waals surface area contributed by atoms with Crippen LogP contribution in [0, 0.1) is 11.8 Å². The zero-order chi connectivity index (χ0) is 43.3. The molecular weight excluding hydrogens is 793 g/mol. The van der Waals surface area contributed by atoms with E-state index in [2.05, 4.69) is 64.0 Å². The van der Waals surface area contributed by atoms with Gasteiger partial charge in [0.05, 0.1) is 51.6 Å². The molecule has 2 aliphatic rings. The van der Waals surface area contributed by atoms with Gasteiger partial charge in [-0.2, -0.15) is 0 Å². The van der Waals surface area contributed by atoms with Crippen LogP contribution in [0.2, 0.25) is 19.1 Å². The van der Waals surface area contributed by atoms with Gasteiger partial charge in [0.25, 0.3) is 0 Å². The van der Waals surface area contributed by atoms with E-state index in [9.17, 15) is 19.2 Å². The number of imidazole rings is 2. The molecule has 0 saturated carbocycles. The molecular formula is C45H54N8O7Si. The van der Waals surface area contributed by atoms with Crippen molar-refractivity contribution in [1.82, 2.24) is 40.4 Å². The summed E-state index contributed by atoms with van der Waals surface area (Å²) in [5.41, 5.74) is 5.20. The number of carbonyl (C=O) groups is 4. The number of alkyl carbamates (subject to hydrolysis) is 2. The molecule has 320 valence electrons. The minimum Gasteiger partial charge on any atom is -0.454 e. The van der Waals surface area contributed by atoms with E-state index in [0.29, 0.717) is 24.3 Å². The molecule has 16 heteroatoms. The van der Waals surface area contributed by atoms with E-state index in [1.54, 1.807) is 6.20 Å². The number of nitrogens with one attached hydrogen (secondary N) is 4. The summed E-state index contributed by atoms with van der Waals surface area (Å²) >= 11 is 0. The summed E-state index contributed by atoms with van der Waals surface area (Å²) in [6.45, 7) is 12.7. The maximum Gasteiger partial charge on any atom is 0.407 e. The van der Waals surface area contributed by atoms with E-state index in [1.165, 1.54) is 14.2 Å². The minimum atomic E-state index is -1.78. The molecule has 8 rings (SSSR count). The van der Waals surface area contributed by atoms with Gasteiger partial charge in [-0.1, -0.05) is 71.1 Å². The van der Waals surface area contributed by atoms with Gasteiger partial charge in [-0.15, -0.1) is 0 Å². The second kappa shape index (κ2) is 16.4. The average molecular weight is 847 g/mol. The molecule has 0 aliphatic carbocycles. The number of aromatic nitrogens is 4. The van der Waals surface area contributed by atoms with Crippen LogP contribution >= 0.6 is 0 Å². The van der Waals surface area contributed by atoms with E-state index in [-0.39, 0.29) is 35.7 Å². The number of hydrogen-bond acceptors (Lipinski definition) is 9. The van der Waals surface area contributed by atoms with Gasteiger partial charge in [-0.3, -0.25) is 9.59 Å². The normalized spacial score (nSPS) is 18.7. The molecule has 4 amide bonds. The number of methoxy groups -OCH3 is 2. The first-order valence-electron chi connectivity index (χ1n) is 21.0. The van der Waals surface area contributed by atoms with Crippen LogP contribution in [-0.2, 0) is 19.1 Å². The number of amides is 4. The molecule has 0 bridgehead atoms. The zero-order valence-corrected chi connectivity index (χ0v) is 36.9. The highest BCUT2D eigenvalue weighted by atomic mass is 28.3. The van der Waals surface area contributed by atoms with Gasteiger partial charge in [0, 0.05) is 23.5 Å². The predicted octanol–water partition coefficient (Wildman–Crippen LogP) is 8.08. The molecule has 5 heterocycles. The highest BCUT2D eigenvalue weighted by molar-refractivity contribution is 6.78. The fourth-order valence-corrected chi connectivity index (χ4v) is 11.8. The highest BCUT2D eigenvalue weighted by Crippen LogP contribution is 2.40. The van der Waals surface area contributed by atoms with Gasteiger partial charge in [0.2, 0.25) is 11.8 Å². The van der Waals surface area contributed by atoms with Crippen molar-refractivity contribution in [1.29, 1.82) is 0 Å². The molecule has 15 nitrogen and oxygen atoms in total. The smallest absolute Gasteiger partial charge is 0.407 e. The van der Waals surface area contributed by atoms with Gasteiger partial charge >= 0.3 is 12.2 Å². The van der Waals surface area contributed by atoms with Gasteiger partial charge < -0.3 is 44.3 Å². The van der Waals surface area contributed by atoms with Crippen LogP contribution in [0.15, 0.2) is 65.2 Å². The number of furan rings is 1. The number of ether oxygens (including phenoxy) is 2. The maximum atomic E-state index is 13.9. The molecule has 6 aromatic rings. The number of benzene rings is 3. The number of nitrogens with zero attached hydrogens (tertiary/aromatic N) is 4. The van der Waals surface area contributed by atoms with Gasteiger partial charge in [-0.05, 0) is 71.5 Å². The van der Waals surface area contributed by atoms with Crippen LogP contribution in [0.1, 0.15) is 64.3 Å². The van der Waals surface area contributed by atoms with Crippen LogP contribution in [0.4, 0.5) is 9.59 Å². The summed E-state index contributed by atoms with van der Waals surface area (Å²) in [5, 5.41) is 8.42. The standard InChI is InChI=1S/C45H54N8O7Si/c1-24(2)37(50-44(56)58-5)42(54)52-17-9-10-33(52)41-47-31-16-14-28-18-26(13-15-30(28)39(31)49-41)27-11-12-29-20-36(60-35(29)19-27)32-21-46-40(48-32)34-22-61(7,8)23-53(34)43(55)38(25(3)4)51-45(57)59-6/h11-16,18-21,24-25,33-34,37-38H,9-10,17,22-23H2,1-8H3,(H,46,48)(H,47,49)(H,50,56)(H,51,57)/t33-,34?,37?,38?/m0/s1. The quantitative estimate of drug-likeness (QED) is 0.0989. The Hall–Kier alpha value is -6.16. The zero-order valence-electron chi connectivity index (χ0n) is 35.9. The van der Waals surface area contributed by atoms with E-state index < -0.39 is 32.3 Å². The third-order valence-electron chi connectivity index (χ3n) is 12.2. The fraction of sp³-hybridized carbons (Fsp3) is 0.422. The molecule has 4 atom stereocenters. The molecule has 0 spiro atoms. The number of rotatable bonds is 10. The Morgan fingerprint density at radius 1 is 0.803 bits per heavy atom. The molecule has 2 aliphatic heterocycles. The van der Waals surface area contributed by atoms with E-state index in [4.69, 9.17) is 23.9 Å². The van der Waals surface area contributed by atoms with Crippen molar-refractivity contribution in [3.05, 3.63) is 72.4 Å². The topological polar surface area (TPSA) is 188 Å². The lowest BCUT2D eigenvalue weighted by Gasteiger charge is -2.30. The third-order valence-corrected chi connectivity index (χ3v) is 14.8. The minimum absolute atomic E-state index is 0.118. The summed E-state index contributed by atoms with van der Waals surface area (Å²) in [7, 11) is 0.803. The van der Waals surface area contributed by atoms with E-state index >= 15 is 0 Å². The lowest BCUT2D eigenvalue weighted by atomic mass is 10.00. The van der Waals surface area contributed by atoms with Crippen molar-refractivity contribution in [2.24, 2.45) is 11.8 Å². The monoisotopic (exact) mass is 846 g/mol. The SMILES string of the molecule is COC(=O)NC(C(=O)N1C[Si](C)(C)CC1c1ncc(-c2cc3ccc(-c4ccc5c(ccc6[nH]c([C@@H]7CCCN7C(=O)C(NC(=O)OC)C(C)C)nc65)c4)cc3o2)[nH]1)C(C)C. The van der Waals surface area contributed by atoms with Crippen molar-refractivity contribution >= 4 is 64.8 Å². The lowest BCUT2D eigenvalue weighted by Crippen LogP contribution is -2.52. The Balaban J connectivity index is 1.02. The second-order valence-electron chi connectivity index (χ2n) is 17.8. The highest BCUT2D eigenvalue weighted by Gasteiger charge is 2.46. The maximum absolute atomic E-state index is 13.9. The molecule has 4 N–H and O–H groups in total. The van der Waals surface area contributed by atoms with Crippen molar-refractivity contribution in [3.63, 3.8) is 0 Å². The van der Waals surface area contributed by atoms with Gasteiger partial charge in [0.1, 0.15) is 35.0 Å². The molecule has 2 fully saturated rings. The summed E-state index contributed by atoms with van der Waals surface area (Å²) in [6, 6.07) is 17.5. The third kappa shape index (κ3) is 8.08. The number of fused-ring (bicyclic) bond motifs is 4. The number of H-pyrrole nitrogens is 2. The molecule has 2 saturated heterocycles. The summed E-state index contributed by atoms with van der Waals surface area (Å²) in [5.74, 6) is 1.54. The molecule has 3 unspecified atom stereocenters. The first-order valence-corrected chi connectivity index (χ1v) is 24.4. The number of hydrogen-bond donors (Lipinski definition) is 4. The fourth-order valence-electron chi connectivity index (χ4n) is 8.95. The molecule has 61 heavy (non-hydrogen) atoms. The first kappa shape index (κ1) is 41.6. The van der Waals surface area contributed by atoms with Crippen LogP contribution in [0.3, 0.4) is 0 Å². The van der Waals surface area contributed by atoms with Crippen molar-refractivity contribution < 1.29 is 33.1 Å². The van der Waals surface area contributed by atoms with E-state index in [1.807, 2.05) is 61.8 Å². The number of aromatic amines is 2. The van der Waals surface area contributed by atoms with Crippen LogP contribution < -0.4 is 10.6 Å². The van der Waals surface area contributed by atoms with Crippen molar-refractivity contribution in [3.8, 4) is 22.6 Å². The van der Waals surface area contributed by atoms with Gasteiger partial charge in [0.15, 0.2) is 5.76 Å². The molecule has 0 radical (unpaired) electrons. The van der Waals surface area contributed by atoms with Crippen molar-refractivity contribution in [2.45, 2.75) is 83.8 Å². The van der Waals surface area contributed by atoms with Crippen LogP contribution in [0.25, 0.3) is 55.4 Å². The van der Waals surface area contributed by atoms with Crippen molar-refractivity contribution in [2.75, 3.05) is 26.9 Å². The molecule has 3 aromatic heterocycles. The van der Waals surface area contributed by atoms with E-state index in [0.717, 1.165) is 74.3 Å².